The Hall–Kier alpha value is -3.55. The summed E-state index contributed by atoms with van der Waals surface area (Å²) in [7, 11) is 0. The van der Waals surface area contributed by atoms with Crippen LogP contribution in [0.15, 0.2) is 71.9 Å². The lowest BCUT2D eigenvalue weighted by molar-refractivity contribution is -0.137. The van der Waals surface area contributed by atoms with Crippen molar-refractivity contribution in [3.05, 3.63) is 88.7 Å². The number of fused-ring (bicyclic) bond motifs is 1. The van der Waals surface area contributed by atoms with Gasteiger partial charge in [-0.25, -0.2) is 9.97 Å². The second-order valence-electron chi connectivity index (χ2n) is 6.14. The second kappa shape index (κ2) is 6.88. The smallest absolute Gasteiger partial charge is 0.291 e. The van der Waals surface area contributed by atoms with Gasteiger partial charge in [-0.3, -0.25) is 14.3 Å². The quantitative estimate of drug-likeness (QED) is 0.539. The summed E-state index contributed by atoms with van der Waals surface area (Å²) in [5, 5.41) is 0. The third-order valence-electron chi connectivity index (χ3n) is 4.22. The third-order valence-corrected chi connectivity index (χ3v) is 4.22. The summed E-state index contributed by atoms with van der Waals surface area (Å²) >= 11 is 0. The van der Waals surface area contributed by atoms with E-state index in [2.05, 4.69) is 15.0 Å². The molecule has 140 valence electrons. The van der Waals surface area contributed by atoms with Gasteiger partial charge in [0.1, 0.15) is 0 Å². The summed E-state index contributed by atoms with van der Waals surface area (Å²) in [6.45, 7) is 0.220. The number of aromatic nitrogens is 4. The van der Waals surface area contributed by atoms with Crippen LogP contribution in [-0.2, 0) is 12.7 Å². The zero-order valence-electron chi connectivity index (χ0n) is 14.4. The number of hydrogen-bond acceptors (Lipinski definition) is 4. The van der Waals surface area contributed by atoms with Gasteiger partial charge in [0.2, 0.25) is 0 Å². The van der Waals surface area contributed by atoms with Gasteiger partial charge in [0.15, 0.2) is 5.52 Å². The summed E-state index contributed by atoms with van der Waals surface area (Å²) in [6, 6.07) is 13.3. The summed E-state index contributed by atoms with van der Waals surface area (Å²) < 4.78 is 40.3. The molecule has 0 amide bonds. The van der Waals surface area contributed by atoms with Gasteiger partial charge in [0.05, 0.1) is 35.3 Å². The van der Waals surface area contributed by atoms with E-state index in [0.717, 1.165) is 12.1 Å². The molecule has 5 nitrogen and oxygen atoms in total. The third kappa shape index (κ3) is 3.48. The molecule has 1 aromatic carbocycles. The van der Waals surface area contributed by atoms with Gasteiger partial charge in [-0.1, -0.05) is 18.2 Å². The van der Waals surface area contributed by atoms with Gasteiger partial charge >= 0.3 is 6.18 Å². The fourth-order valence-corrected chi connectivity index (χ4v) is 2.83. The lowest BCUT2D eigenvalue weighted by Crippen LogP contribution is -2.22. The predicted molar refractivity (Wildman–Crippen MR) is 97.6 cm³/mol. The minimum Gasteiger partial charge on any atom is -0.291 e. The van der Waals surface area contributed by atoms with Crippen LogP contribution in [0.25, 0.3) is 22.3 Å². The molecule has 4 rings (SSSR count). The Morgan fingerprint density at radius 2 is 1.82 bits per heavy atom. The van der Waals surface area contributed by atoms with Crippen molar-refractivity contribution in [1.82, 2.24) is 19.5 Å². The number of halogens is 3. The number of nitrogens with zero attached hydrogens (tertiary/aromatic N) is 4. The summed E-state index contributed by atoms with van der Waals surface area (Å²) in [5.74, 6) is 0. The molecule has 0 radical (unpaired) electrons. The van der Waals surface area contributed by atoms with Gasteiger partial charge in [-0.2, -0.15) is 13.2 Å². The molecular formula is C20H13F3N4O. The fourth-order valence-electron chi connectivity index (χ4n) is 2.83. The Morgan fingerprint density at radius 1 is 0.964 bits per heavy atom. The summed E-state index contributed by atoms with van der Waals surface area (Å²) in [5.41, 5.74) is 0.533. The van der Waals surface area contributed by atoms with Crippen LogP contribution in [0, 0.1) is 0 Å². The van der Waals surface area contributed by atoms with Crippen LogP contribution in [-0.4, -0.2) is 19.5 Å². The van der Waals surface area contributed by atoms with Crippen molar-refractivity contribution in [2.24, 2.45) is 0 Å². The second-order valence-corrected chi connectivity index (χ2v) is 6.14. The highest BCUT2D eigenvalue weighted by molar-refractivity contribution is 5.77. The Kier molecular flexibility index (Phi) is 4.38. The first kappa shape index (κ1) is 17.8. The maximum atomic E-state index is 13.0. The molecule has 3 aromatic heterocycles. The molecule has 0 N–H and O–H groups in total. The van der Waals surface area contributed by atoms with E-state index >= 15 is 0 Å². The van der Waals surface area contributed by atoms with E-state index in [0.29, 0.717) is 11.2 Å². The van der Waals surface area contributed by atoms with Gasteiger partial charge < -0.3 is 0 Å². The van der Waals surface area contributed by atoms with E-state index in [1.807, 2.05) is 6.07 Å². The highest BCUT2D eigenvalue weighted by Crippen LogP contribution is 2.31. The molecule has 0 saturated heterocycles. The van der Waals surface area contributed by atoms with Crippen LogP contribution < -0.4 is 5.56 Å². The molecule has 0 fully saturated rings. The Bertz CT molecular complexity index is 1200. The largest absolute Gasteiger partial charge is 0.416 e. The molecule has 8 heteroatoms. The molecule has 0 aliphatic carbocycles. The van der Waals surface area contributed by atoms with Crippen LogP contribution in [0.5, 0.6) is 0 Å². The Balaban J connectivity index is 1.78. The fraction of sp³-hybridized carbons (Fsp3) is 0.100. The van der Waals surface area contributed by atoms with E-state index in [1.54, 1.807) is 30.5 Å². The van der Waals surface area contributed by atoms with Crippen LogP contribution >= 0.6 is 0 Å². The molecule has 3 heterocycles. The maximum absolute atomic E-state index is 13.0. The molecule has 0 unspecified atom stereocenters. The molecule has 28 heavy (non-hydrogen) atoms. The Morgan fingerprint density at radius 3 is 2.57 bits per heavy atom. The average molecular weight is 382 g/mol. The van der Waals surface area contributed by atoms with Crippen LogP contribution in [0.1, 0.15) is 11.3 Å². The predicted octanol–water partition coefficient (Wildman–Crippen LogP) is 3.92. The van der Waals surface area contributed by atoms with Gasteiger partial charge in [-0.05, 0) is 36.4 Å². The van der Waals surface area contributed by atoms with Crippen molar-refractivity contribution < 1.29 is 13.2 Å². The van der Waals surface area contributed by atoms with E-state index in [9.17, 15) is 18.0 Å². The first-order chi connectivity index (χ1) is 13.4. The monoisotopic (exact) mass is 382 g/mol. The number of benzene rings is 1. The van der Waals surface area contributed by atoms with Gasteiger partial charge in [-0.15, -0.1) is 0 Å². The lowest BCUT2D eigenvalue weighted by Gasteiger charge is -2.09. The minimum absolute atomic E-state index is 0.0911. The van der Waals surface area contributed by atoms with Crippen LogP contribution in [0.3, 0.4) is 0 Å². The summed E-state index contributed by atoms with van der Waals surface area (Å²) in [6.07, 6.45) is -1.42. The van der Waals surface area contributed by atoms with Crippen LogP contribution in [0.4, 0.5) is 13.2 Å². The van der Waals surface area contributed by atoms with Gasteiger partial charge in [0, 0.05) is 11.8 Å². The topological polar surface area (TPSA) is 60.7 Å². The Labute approximate surface area is 157 Å². The van der Waals surface area contributed by atoms with E-state index < -0.39 is 11.7 Å². The average Bonchev–Trinajstić information content (AvgIpc) is 2.70. The SMILES string of the molecule is O=c1c2nc(-c3cccc(C(F)(F)F)c3)ccc2ncn1Cc1ccccn1. The molecule has 4 aromatic rings. The van der Waals surface area contributed by atoms with Crippen molar-refractivity contribution >= 4 is 11.0 Å². The van der Waals surface area contributed by atoms with Crippen molar-refractivity contribution in [2.45, 2.75) is 12.7 Å². The van der Waals surface area contributed by atoms with Crippen molar-refractivity contribution in [3.8, 4) is 11.3 Å². The first-order valence-corrected chi connectivity index (χ1v) is 8.35. The number of alkyl halides is 3. The van der Waals surface area contributed by atoms with Gasteiger partial charge in [0.25, 0.3) is 5.56 Å². The molecule has 0 saturated carbocycles. The summed E-state index contributed by atoms with van der Waals surface area (Å²) in [4.78, 5) is 25.5. The molecule has 0 aliphatic rings. The highest BCUT2D eigenvalue weighted by Gasteiger charge is 2.30. The molecular weight excluding hydrogens is 369 g/mol. The normalized spacial score (nSPS) is 11.7. The lowest BCUT2D eigenvalue weighted by atomic mass is 10.1. The van der Waals surface area contributed by atoms with Crippen molar-refractivity contribution in [3.63, 3.8) is 0 Å². The van der Waals surface area contributed by atoms with E-state index in [4.69, 9.17) is 0 Å². The van der Waals surface area contributed by atoms with E-state index in [1.165, 1.54) is 23.0 Å². The molecule has 0 atom stereocenters. The van der Waals surface area contributed by atoms with Crippen LogP contribution in [0.2, 0.25) is 0 Å². The molecule has 0 spiro atoms. The highest BCUT2D eigenvalue weighted by atomic mass is 19.4. The molecule has 0 bridgehead atoms. The number of hydrogen-bond donors (Lipinski definition) is 0. The first-order valence-electron chi connectivity index (χ1n) is 8.35. The van der Waals surface area contributed by atoms with Crippen molar-refractivity contribution in [2.75, 3.05) is 0 Å². The van der Waals surface area contributed by atoms with Crippen molar-refractivity contribution in [1.29, 1.82) is 0 Å². The van der Waals surface area contributed by atoms with E-state index in [-0.39, 0.29) is 28.9 Å². The zero-order valence-corrected chi connectivity index (χ0v) is 14.4. The molecule has 0 aliphatic heterocycles. The number of rotatable bonds is 3. The standard InChI is InChI=1S/C20H13F3N4O/c21-20(22,23)14-5-3-4-13(10-14)16-7-8-17-18(26-16)19(28)27(12-25-17)11-15-6-1-2-9-24-15/h1-10,12H,11H2. The number of pyridine rings is 2. The minimum atomic E-state index is -4.45. The maximum Gasteiger partial charge on any atom is 0.416 e. The zero-order chi connectivity index (χ0) is 19.7.